The molecule has 1 heterocycles. The monoisotopic (exact) mass is 239 g/mol. The van der Waals surface area contributed by atoms with Crippen LogP contribution in [0.1, 0.15) is 21.5 Å². The number of thiophene rings is 1. The van der Waals surface area contributed by atoms with E-state index in [9.17, 15) is 9.59 Å². The van der Waals surface area contributed by atoms with Gasteiger partial charge in [-0.15, -0.1) is 11.3 Å². The van der Waals surface area contributed by atoms with Crippen molar-refractivity contribution in [3.63, 3.8) is 0 Å². The first-order valence-corrected chi connectivity index (χ1v) is 5.62. The summed E-state index contributed by atoms with van der Waals surface area (Å²) in [5.41, 5.74) is 0. The van der Waals surface area contributed by atoms with Gasteiger partial charge >= 0.3 is 5.97 Å². The highest BCUT2D eigenvalue weighted by Gasteiger charge is 2.11. The van der Waals surface area contributed by atoms with E-state index in [1.165, 1.54) is 17.4 Å². The molecule has 1 aromatic heterocycles. The average Bonchev–Trinajstić information content (AvgIpc) is 2.72. The van der Waals surface area contributed by atoms with Crippen LogP contribution in [0.15, 0.2) is 18.2 Å². The molecule has 0 aliphatic heterocycles. The van der Waals surface area contributed by atoms with Crippen molar-refractivity contribution in [1.29, 1.82) is 0 Å². The van der Waals surface area contributed by atoms with Crippen LogP contribution in [0, 0.1) is 0 Å². The summed E-state index contributed by atoms with van der Waals surface area (Å²) >= 11 is 1.29. The normalized spacial score (nSPS) is 10.6. The van der Waals surface area contributed by atoms with Crippen LogP contribution in [0.4, 0.5) is 0 Å². The number of carbonyl (C=O) groups excluding carboxylic acids is 1. The standard InChI is InChI=1S/C11H13NO3S/c1-3-12(2)11(15)9-6-4-8(16-9)5-7-10(13)14/h4-7H,3H2,1-2H3,(H,13,14). The highest BCUT2D eigenvalue weighted by Crippen LogP contribution is 2.19. The predicted molar refractivity (Wildman–Crippen MR) is 63.6 cm³/mol. The summed E-state index contributed by atoms with van der Waals surface area (Å²) in [7, 11) is 1.73. The van der Waals surface area contributed by atoms with Gasteiger partial charge in [0.15, 0.2) is 0 Å². The number of rotatable bonds is 4. The third kappa shape index (κ3) is 3.20. The van der Waals surface area contributed by atoms with Gasteiger partial charge in [0.25, 0.3) is 5.91 Å². The van der Waals surface area contributed by atoms with Crippen molar-refractivity contribution in [2.24, 2.45) is 0 Å². The smallest absolute Gasteiger partial charge is 0.328 e. The molecule has 0 aliphatic rings. The molecule has 1 aromatic rings. The van der Waals surface area contributed by atoms with Crippen molar-refractivity contribution in [3.8, 4) is 0 Å². The summed E-state index contributed by atoms with van der Waals surface area (Å²) in [5, 5.41) is 8.46. The maximum atomic E-state index is 11.7. The van der Waals surface area contributed by atoms with Crippen LogP contribution in [0.2, 0.25) is 0 Å². The van der Waals surface area contributed by atoms with E-state index in [0.29, 0.717) is 11.4 Å². The maximum Gasteiger partial charge on any atom is 0.328 e. The van der Waals surface area contributed by atoms with Crippen LogP contribution in [0.5, 0.6) is 0 Å². The van der Waals surface area contributed by atoms with Gasteiger partial charge in [0.2, 0.25) is 0 Å². The summed E-state index contributed by atoms with van der Waals surface area (Å²) in [6.45, 7) is 2.55. The minimum Gasteiger partial charge on any atom is -0.478 e. The predicted octanol–water partition coefficient (Wildman–Crippen LogP) is 1.94. The van der Waals surface area contributed by atoms with Crippen LogP contribution in [-0.4, -0.2) is 35.5 Å². The molecule has 86 valence electrons. The van der Waals surface area contributed by atoms with Crippen molar-refractivity contribution in [2.75, 3.05) is 13.6 Å². The summed E-state index contributed by atoms with van der Waals surface area (Å²) < 4.78 is 0. The van der Waals surface area contributed by atoms with E-state index in [1.54, 1.807) is 24.1 Å². The molecule has 0 atom stereocenters. The Morgan fingerprint density at radius 2 is 2.19 bits per heavy atom. The Kier molecular flexibility index (Phi) is 4.25. The Morgan fingerprint density at radius 3 is 2.75 bits per heavy atom. The topological polar surface area (TPSA) is 57.6 Å². The Labute approximate surface area is 97.8 Å². The maximum absolute atomic E-state index is 11.7. The van der Waals surface area contributed by atoms with Gasteiger partial charge in [0.1, 0.15) is 0 Å². The van der Waals surface area contributed by atoms with Gasteiger partial charge in [-0.05, 0) is 25.1 Å². The van der Waals surface area contributed by atoms with Crippen LogP contribution < -0.4 is 0 Å². The van der Waals surface area contributed by atoms with Gasteiger partial charge in [0, 0.05) is 24.5 Å². The Hall–Kier alpha value is -1.62. The first-order valence-electron chi connectivity index (χ1n) is 4.81. The molecular weight excluding hydrogens is 226 g/mol. The second kappa shape index (κ2) is 5.46. The molecule has 0 spiro atoms. The number of carbonyl (C=O) groups is 2. The minimum atomic E-state index is -0.994. The lowest BCUT2D eigenvalue weighted by Crippen LogP contribution is -2.25. The highest BCUT2D eigenvalue weighted by molar-refractivity contribution is 7.14. The number of hydrogen-bond donors (Lipinski definition) is 1. The van der Waals surface area contributed by atoms with Crippen molar-refractivity contribution in [2.45, 2.75) is 6.92 Å². The highest BCUT2D eigenvalue weighted by atomic mass is 32.1. The van der Waals surface area contributed by atoms with Gasteiger partial charge in [-0.25, -0.2) is 4.79 Å². The third-order valence-corrected chi connectivity index (χ3v) is 3.09. The summed E-state index contributed by atoms with van der Waals surface area (Å²) in [6, 6.07) is 3.45. The first kappa shape index (κ1) is 12.4. The molecule has 0 bridgehead atoms. The SMILES string of the molecule is CCN(C)C(=O)c1ccc(C=CC(=O)O)s1. The molecule has 16 heavy (non-hydrogen) atoms. The summed E-state index contributed by atoms with van der Waals surface area (Å²) in [5.74, 6) is -1.03. The largest absolute Gasteiger partial charge is 0.478 e. The van der Waals surface area contributed by atoms with E-state index < -0.39 is 5.97 Å². The third-order valence-electron chi connectivity index (χ3n) is 2.05. The zero-order valence-electron chi connectivity index (χ0n) is 9.14. The first-order chi connectivity index (χ1) is 7.54. The minimum absolute atomic E-state index is 0.0394. The van der Waals surface area contributed by atoms with Crippen molar-refractivity contribution < 1.29 is 14.7 Å². The molecule has 0 saturated heterocycles. The van der Waals surface area contributed by atoms with Crippen LogP contribution >= 0.6 is 11.3 Å². The van der Waals surface area contributed by atoms with Gasteiger partial charge in [0.05, 0.1) is 4.88 Å². The quantitative estimate of drug-likeness (QED) is 0.817. The fraction of sp³-hybridized carbons (Fsp3) is 0.273. The van der Waals surface area contributed by atoms with E-state index in [2.05, 4.69) is 0 Å². The van der Waals surface area contributed by atoms with Crippen molar-refractivity contribution in [1.82, 2.24) is 4.90 Å². The second-order valence-corrected chi connectivity index (χ2v) is 4.31. The number of amides is 1. The van der Waals surface area contributed by atoms with Crippen molar-refractivity contribution in [3.05, 3.63) is 28.0 Å². The molecule has 0 aliphatic carbocycles. The molecule has 1 rings (SSSR count). The van der Waals surface area contributed by atoms with E-state index in [1.807, 2.05) is 6.92 Å². The molecule has 1 N–H and O–H groups in total. The lowest BCUT2D eigenvalue weighted by molar-refractivity contribution is -0.131. The number of carboxylic acid groups (broad SMARTS) is 1. The average molecular weight is 239 g/mol. The van der Waals surface area contributed by atoms with Gasteiger partial charge < -0.3 is 10.0 Å². The summed E-state index contributed by atoms with van der Waals surface area (Å²) in [4.78, 5) is 25.0. The van der Waals surface area contributed by atoms with E-state index >= 15 is 0 Å². The van der Waals surface area contributed by atoms with E-state index in [0.717, 1.165) is 11.0 Å². The second-order valence-electron chi connectivity index (χ2n) is 3.19. The van der Waals surface area contributed by atoms with Crippen molar-refractivity contribution >= 4 is 29.3 Å². The van der Waals surface area contributed by atoms with Gasteiger partial charge in [-0.3, -0.25) is 4.79 Å². The number of carboxylic acids is 1. The van der Waals surface area contributed by atoms with E-state index in [-0.39, 0.29) is 5.91 Å². The zero-order chi connectivity index (χ0) is 12.1. The lowest BCUT2D eigenvalue weighted by atomic mass is 10.3. The molecule has 0 aromatic carbocycles. The molecule has 0 saturated carbocycles. The van der Waals surface area contributed by atoms with Gasteiger partial charge in [-0.1, -0.05) is 0 Å². The van der Waals surface area contributed by atoms with Crippen LogP contribution in [0.3, 0.4) is 0 Å². The Bertz CT molecular complexity index is 423. The van der Waals surface area contributed by atoms with Gasteiger partial charge in [-0.2, -0.15) is 0 Å². The fourth-order valence-corrected chi connectivity index (χ4v) is 1.95. The Morgan fingerprint density at radius 1 is 1.50 bits per heavy atom. The molecule has 0 fully saturated rings. The number of nitrogens with zero attached hydrogens (tertiary/aromatic N) is 1. The number of aliphatic carboxylic acids is 1. The zero-order valence-corrected chi connectivity index (χ0v) is 9.95. The lowest BCUT2D eigenvalue weighted by Gasteiger charge is -2.12. The Balaban J connectivity index is 2.79. The molecule has 5 heteroatoms. The molecule has 1 amide bonds. The molecule has 4 nitrogen and oxygen atoms in total. The van der Waals surface area contributed by atoms with E-state index in [4.69, 9.17) is 5.11 Å². The van der Waals surface area contributed by atoms with Crippen LogP contribution in [0.25, 0.3) is 6.08 Å². The number of hydrogen-bond acceptors (Lipinski definition) is 3. The van der Waals surface area contributed by atoms with Crippen LogP contribution in [-0.2, 0) is 4.79 Å². The molecule has 0 radical (unpaired) electrons. The fourth-order valence-electron chi connectivity index (χ4n) is 1.04. The summed E-state index contributed by atoms with van der Waals surface area (Å²) in [6.07, 6.45) is 2.54. The molecule has 0 unspecified atom stereocenters. The molecular formula is C11H13NO3S.